The predicted molar refractivity (Wildman–Crippen MR) is 107 cm³/mol. The van der Waals surface area contributed by atoms with Crippen LogP contribution in [0.5, 0.6) is 0 Å². The van der Waals surface area contributed by atoms with E-state index in [4.69, 9.17) is 0 Å². The lowest BCUT2D eigenvalue weighted by atomic mass is 9.96. The Kier molecular flexibility index (Phi) is 8.18. The molecule has 24 heavy (non-hydrogen) atoms. The zero-order chi connectivity index (χ0) is 18.3. The number of benzene rings is 1. The highest BCUT2D eigenvalue weighted by atomic mass is 14.7. The Hall–Kier alpha value is -1.63. The molecule has 0 saturated carbocycles. The lowest BCUT2D eigenvalue weighted by molar-refractivity contribution is 0.799. The molecule has 0 radical (unpaired) electrons. The summed E-state index contributed by atoms with van der Waals surface area (Å²) < 4.78 is 0. The summed E-state index contributed by atoms with van der Waals surface area (Å²) in [4.78, 5) is 4.32. The van der Waals surface area contributed by atoms with Gasteiger partial charge in [0.15, 0.2) is 0 Å². The fourth-order valence-electron chi connectivity index (χ4n) is 2.42. The second-order valence-corrected chi connectivity index (χ2v) is 7.80. The van der Waals surface area contributed by atoms with Crippen LogP contribution in [0.2, 0.25) is 0 Å². The summed E-state index contributed by atoms with van der Waals surface area (Å²) in [7, 11) is 0. The van der Waals surface area contributed by atoms with Crippen LogP contribution in [0.3, 0.4) is 0 Å². The largest absolute Gasteiger partial charge is 0.261 e. The molecule has 2 aromatic rings. The molecule has 0 fully saturated rings. The predicted octanol–water partition coefficient (Wildman–Crippen LogP) is 7.26. The van der Waals surface area contributed by atoms with Crippen LogP contribution in [0.25, 0.3) is 0 Å². The van der Waals surface area contributed by atoms with Crippen molar-refractivity contribution in [2.45, 2.75) is 79.1 Å². The molecular formula is C23H35N. The molecule has 0 aliphatic rings. The second-order valence-electron chi connectivity index (χ2n) is 7.80. The third kappa shape index (κ3) is 6.47. The highest BCUT2D eigenvalue weighted by molar-refractivity contribution is 5.27. The lowest BCUT2D eigenvalue weighted by Gasteiger charge is -2.09. The molecule has 1 heterocycles. The van der Waals surface area contributed by atoms with Gasteiger partial charge in [0.2, 0.25) is 0 Å². The monoisotopic (exact) mass is 325 g/mol. The van der Waals surface area contributed by atoms with Crippen molar-refractivity contribution < 1.29 is 0 Å². The molecule has 1 aromatic heterocycles. The highest BCUT2D eigenvalue weighted by Gasteiger charge is 2.04. The SMILES string of the molecule is CC(C)c1cccc(C(C)C)c1.CC(C)c1ccnc(C(C)C)c1. The highest BCUT2D eigenvalue weighted by Crippen LogP contribution is 2.20. The first-order chi connectivity index (χ1) is 11.2. The van der Waals surface area contributed by atoms with Crippen LogP contribution < -0.4 is 0 Å². The molecule has 0 amide bonds. The molecule has 1 heteroatoms. The van der Waals surface area contributed by atoms with E-state index < -0.39 is 0 Å². The summed E-state index contributed by atoms with van der Waals surface area (Å²) in [5.41, 5.74) is 5.47. The fraction of sp³-hybridized carbons (Fsp3) is 0.522. The van der Waals surface area contributed by atoms with Crippen LogP contribution in [-0.4, -0.2) is 4.98 Å². The van der Waals surface area contributed by atoms with E-state index in [9.17, 15) is 0 Å². The number of hydrogen-bond donors (Lipinski definition) is 0. The smallest absolute Gasteiger partial charge is 0.0431 e. The van der Waals surface area contributed by atoms with Gasteiger partial charge in [0, 0.05) is 11.9 Å². The van der Waals surface area contributed by atoms with Crippen molar-refractivity contribution in [1.29, 1.82) is 0 Å². The zero-order valence-electron chi connectivity index (χ0n) is 16.8. The van der Waals surface area contributed by atoms with Crippen molar-refractivity contribution >= 4 is 0 Å². The number of pyridine rings is 1. The van der Waals surface area contributed by atoms with Crippen molar-refractivity contribution in [2.75, 3.05) is 0 Å². The van der Waals surface area contributed by atoms with Crippen molar-refractivity contribution in [3.05, 3.63) is 65.0 Å². The molecule has 0 aliphatic heterocycles. The summed E-state index contributed by atoms with van der Waals surface area (Å²) in [6.07, 6.45) is 1.91. The van der Waals surface area contributed by atoms with Gasteiger partial charge in [0.1, 0.15) is 0 Å². The van der Waals surface area contributed by atoms with Crippen molar-refractivity contribution in [3.8, 4) is 0 Å². The first-order valence-electron chi connectivity index (χ1n) is 9.28. The van der Waals surface area contributed by atoms with E-state index in [-0.39, 0.29) is 0 Å². The van der Waals surface area contributed by atoms with Crippen molar-refractivity contribution in [1.82, 2.24) is 4.98 Å². The average molecular weight is 326 g/mol. The molecule has 0 atom stereocenters. The number of nitrogens with zero attached hydrogens (tertiary/aromatic N) is 1. The van der Waals surface area contributed by atoms with E-state index in [1.165, 1.54) is 22.4 Å². The van der Waals surface area contributed by atoms with Gasteiger partial charge in [0.05, 0.1) is 0 Å². The summed E-state index contributed by atoms with van der Waals surface area (Å²) >= 11 is 0. The lowest BCUT2D eigenvalue weighted by Crippen LogP contribution is -1.95. The van der Waals surface area contributed by atoms with Gasteiger partial charge < -0.3 is 0 Å². The van der Waals surface area contributed by atoms with Crippen molar-refractivity contribution in [3.63, 3.8) is 0 Å². The van der Waals surface area contributed by atoms with E-state index in [2.05, 4.69) is 96.8 Å². The molecule has 1 aromatic carbocycles. The summed E-state index contributed by atoms with van der Waals surface area (Å²) in [5.74, 6) is 2.42. The Morgan fingerprint density at radius 1 is 0.583 bits per heavy atom. The number of rotatable bonds is 4. The molecule has 1 nitrogen and oxygen atoms in total. The van der Waals surface area contributed by atoms with Crippen molar-refractivity contribution in [2.24, 2.45) is 0 Å². The molecule has 0 aliphatic carbocycles. The summed E-state index contributed by atoms with van der Waals surface area (Å²) in [5, 5.41) is 0. The van der Waals surface area contributed by atoms with E-state index >= 15 is 0 Å². The molecule has 0 spiro atoms. The Labute approximate surface area is 149 Å². The maximum atomic E-state index is 4.32. The van der Waals surface area contributed by atoms with Crippen LogP contribution in [0.15, 0.2) is 42.6 Å². The van der Waals surface area contributed by atoms with Gasteiger partial charge in [-0.05, 0) is 52.5 Å². The van der Waals surface area contributed by atoms with Crippen LogP contribution in [0.1, 0.15) is 101 Å². The third-order valence-corrected chi connectivity index (χ3v) is 4.31. The molecule has 0 saturated heterocycles. The van der Waals surface area contributed by atoms with Gasteiger partial charge in [-0.3, -0.25) is 4.98 Å². The second kappa shape index (κ2) is 9.61. The Morgan fingerprint density at radius 3 is 1.46 bits per heavy atom. The van der Waals surface area contributed by atoms with Gasteiger partial charge in [-0.1, -0.05) is 79.7 Å². The fourth-order valence-corrected chi connectivity index (χ4v) is 2.42. The van der Waals surface area contributed by atoms with Gasteiger partial charge in [-0.25, -0.2) is 0 Å². The van der Waals surface area contributed by atoms with Gasteiger partial charge >= 0.3 is 0 Å². The molecule has 132 valence electrons. The minimum atomic E-state index is 0.531. The molecular weight excluding hydrogens is 290 g/mol. The van der Waals surface area contributed by atoms with Gasteiger partial charge in [0.25, 0.3) is 0 Å². The maximum absolute atomic E-state index is 4.32. The molecule has 0 bridgehead atoms. The quantitative estimate of drug-likeness (QED) is 0.576. The molecule has 0 unspecified atom stereocenters. The van der Waals surface area contributed by atoms with Gasteiger partial charge in [-0.2, -0.15) is 0 Å². The summed E-state index contributed by atoms with van der Waals surface area (Å²) in [6.45, 7) is 17.7. The normalized spacial score (nSPS) is 11.2. The van der Waals surface area contributed by atoms with Gasteiger partial charge in [-0.15, -0.1) is 0 Å². The summed E-state index contributed by atoms with van der Waals surface area (Å²) in [6, 6.07) is 13.2. The van der Waals surface area contributed by atoms with Crippen LogP contribution in [0.4, 0.5) is 0 Å². The topological polar surface area (TPSA) is 12.9 Å². The zero-order valence-corrected chi connectivity index (χ0v) is 16.8. The minimum Gasteiger partial charge on any atom is -0.261 e. The first kappa shape index (κ1) is 20.4. The van der Waals surface area contributed by atoms with Crippen LogP contribution in [0, 0.1) is 0 Å². The Morgan fingerprint density at radius 2 is 1.04 bits per heavy atom. The number of hydrogen-bond acceptors (Lipinski definition) is 1. The van der Waals surface area contributed by atoms with E-state index in [0.29, 0.717) is 23.7 Å². The third-order valence-electron chi connectivity index (χ3n) is 4.31. The minimum absolute atomic E-state index is 0.531. The standard InChI is InChI=1S/C12H18.C11H17N/c1-9(2)11-6-5-7-12(8-11)10(3)4;1-8(2)10-5-6-12-11(7-10)9(3)4/h5-10H,1-4H3;5-9H,1-4H3. The Balaban J connectivity index is 0.000000240. The first-order valence-corrected chi connectivity index (χ1v) is 9.28. The molecule has 2 rings (SSSR count). The van der Waals surface area contributed by atoms with Crippen LogP contribution in [-0.2, 0) is 0 Å². The Bertz CT molecular complexity index is 507. The van der Waals surface area contributed by atoms with Crippen LogP contribution >= 0.6 is 0 Å². The van der Waals surface area contributed by atoms with E-state index in [1.54, 1.807) is 0 Å². The maximum Gasteiger partial charge on any atom is 0.0431 e. The number of aromatic nitrogens is 1. The van der Waals surface area contributed by atoms with E-state index in [0.717, 1.165) is 0 Å². The molecule has 0 N–H and O–H groups in total. The van der Waals surface area contributed by atoms with E-state index in [1.807, 2.05) is 6.20 Å². The average Bonchev–Trinajstić information content (AvgIpc) is 2.55.